The van der Waals surface area contributed by atoms with Gasteiger partial charge in [-0.3, -0.25) is 10.1 Å². The minimum Gasteiger partial charge on any atom is -0.493 e. The predicted octanol–water partition coefficient (Wildman–Crippen LogP) is 4.20. The van der Waals surface area contributed by atoms with Crippen LogP contribution in [0.3, 0.4) is 0 Å². The number of thiocarbonyl (C=S) groups is 1. The second kappa shape index (κ2) is 9.34. The number of carboxylic acids is 1. The van der Waals surface area contributed by atoms with Gasteiger partial charge in [-0.05, 0) is 60.6 Å². The van der Waals surface area contributed by atoms with Gasteiger partial charge >= 0.3 is 5.97 Å². The molecule has 0 aliphatic carbocycles. The molecule has 0 fully saturated rings. The number of rotatable bonds is 6. The third-order valence-corrected chi connectivity index (χ3v) is 3.90. The van der Waals surface area contributed by atoms with Crippen LogP contribution in [0.1, 0.15) is 34.6 Å². The number of carboxylic acid groups (broad SMARTS) is 1. The Balaban J connectivity index is 1.94. The van der Waals surface area contributed by atoms with Gasteiger partial charge in [-0.15, -0.1) is 0 Å². The van der Waals surface area contributed by atoms with E-state index in [0.29, 0.717) is 29.5 Å². The Kier molecular flexibility index (Phi) is 7.15. The summed E-state index contributed by atoms with van der Waals surface area (Å²) in [5.74, 6) is -0.400. The van der Waals surface area contributed by atoms with Gasteiger partial charge in [0.15, 0.2) is 5.11 Å². The molecule has 27 heavy (non-hydrogen) atoms. The largest absolute Gasteiger partial charge is 0.493 e. The molecule has 0 saturated heterocycles. The molecule has 8 heteroatoms. The number of amides is 1. The van der Waals surface area contributed by atoms with Crippen molar-refractivity contribution < 1.29 is 19.4 Å². The van der Waals surface area contributed by atoms with Crippen LogP contribution in [0.4, 0.5) is 5.69 Å². The first-order valence-corrected chi connectivity index (χ1v) is 8.93. The van der Waals surface area contributed by atoms with Crippen LogP contribution in [0.15, 0.2) is 42.5 Å². The summed E-state index contributed by atoms with van der Waals surface area (Å²) in [6, 6.07) is 11.0. The summed E-state index contributed by atoms with van der Waals surface area (Å²) in [6.07, 6.45) is 0. The van der Waals surface area contributed by atoms with Crippen LogP contribution in [0.5, 0.6) is 5.75 Å². The first-order chi connectivity index (χ1) is 12.8. The van der Waals surface area contributed by atoms with Crippen LogP contribution >= 0.6 is 23.8 Å². The molecule has 0 spiro atoms. The lowest BCUT2D eigenvalue weighted by Crippen LogP contribution is -2.34. The van der Waals surface area contributed by atoms with Crippen LogP contribution in [0.2, 0.25) is 5.02 Å². The van der Waals surface area contributed by atoms with Crippen molar-refractivity contribution in [3.63, 3.8) is 0 Å². The van der Waals surface area contributed by atoms with E-state index >= 15 is 0 Å². The maximum absolute atomic E-state index is 12.2. The summed E-state index contributed by atoms with van der Waals surface area (Å²) in [6.45, 7) is 4.71. The molecule has 0 radical (unpaired) electrons. The summed E-state index contributed by atoms with van der Waals surface area (Å²) in [5.41, 5.74) is 0.875. The molecule has 0 aliphatic heterocycles. The van der Waals surface area contributed by atoms with Gasteiger partial charge in [0, 0.05) is 11.3 Å². The van der Waals surface area contributed by atoms with Gasteiger partial charge in [0.1, 0.15) is 5.75 Å². The third kappa shape index (κ3) is 6.23. The minimum atomic E-state index is -1.12. The zero-order chi connectivity index (χ0) is 20.0. The highest BCUT2D eigenvalue weighted by atomic mass is 35.5. The molecular weight excluding hydrogens is 388 g/mol. The van der Waals surface area contributed by atoms with E-state index in [-0.39, 0.29) is 21.6 Å². The van der Waals surface area contributed by atoms with Crippen LogP contribution in [0, 0.1) is 5.92 Å². The summed E-state index contributed by atoms with van der Waals surface area (Å²) >= 11 is 11.0. The average molecular weight is 407 g/mol. The summed E-state index contributed by atoms with van der Waals surface area (Å²) in [7, 11) is 0. The van der Waals surface area contributed by atoms with Gasteiger partial charge in [0.25, 0.3) is 5.91 Å². The Hall–Kier alpha value is -2.64. The van der Waals surface area contributed by atoms with E-state index in [1.807, 2.05) is 0 Å². The fourth-order valence-electron chi connectivity index (χ4n) is 2.07. The van der Waals surface area contributed by atoms with Gasteiger partial charge in [-0.2, -0.15) is 0 Å². The first kappa shape index (κ1) is 20.7. The zero-order valence-electron chi connectivity index (χ0n) is 14.8. The molecular formula is C19H19ClN2O4S. The molecule has 142 valence electrons. The lowest BCUT2D eigenvalue weighted by atomic mass is 10.2. The van der Waals surface area contributed by atoms with Crippen molar-refractivity contribution in [3.05, 3.63) is 58.6 Å². The monoisotopic (exact) mass is 406 g/mol. The molecule has 1 amide bonds. The molecule has 2 rings (SSSR count). The van der Waals surface area contributed by atoms with Crippen molar-refractivity contribution in [2.75, 3.05) is 11.9 Å². The molecule has 0 aromatic heterocycles. The standard InChI is InChI=1S/C19H19ClN2O4S/c1-11(2)10-26-14-6-3-12(4-7-14)17(23)22-19(27)21-13-5-8-15(18(24)25)16(20)9-13/h3-9,11H,10H2,1-2H3,(H,24,25)(H2,21,22,23,27). The number of halogens is 1. The van der Waals surface area contributed by atoms with Crippen molar-refractivity contribution >= 4 is 46.5 Å². The maximum atomic E-state index is 12.2. The van der Waals surface area contributed by atoms with Gasteiger partial charge in [-0.25, -0.2) is 4.79 Å². The van der Waals surface area contributed by atoms with E-state index in [1.165, 1.54) is 18.2 Å². The molecule has 6 nitrogen and oxygen atoms in total. The van der Waals surface area contributed by atoms with Crippen molar-refractivity contribution in [1.82, 2.24) is 5.32 Å². The van der Waals surface area contributed by atoms with Gasteiger partial charge in [0.05, 0.1) is 17.2 Å². The van der Waals surface area contributed by atoms with Crippen LogP contribution in [-0.2, 0) is 0 Å². The smallest absolute Gasteiger partial charge is 0.337 e. The van der Waals surface area contributed by atoms with Crippen LogP contribution in [-0.4, -0.2) is 28.7 Å². The molecule has 2 aromatic rings. The minimum absolute atomic E-state index is 0.0167. The van der Waals surface area contributed by atoms with E-state index in [2.05, 4.69) is 24.5 Å². The fraction of sp³-hybridized carbons (Fsp3) is 0.211. The number of benzene rings is 2. The van der Waals surface area contributed by atoms with Crippen molar-refractivity contribution in [2.24, 2.45) is 5.92 Å². The summed E-state index contributed by atoms with van der Waals surface area (Å²) in [4.78, 5) is 23.2. The van der Waals surface area contributed by atoms with Crippen molar-refractivity contribution in [1.29, 1.82) is 0 Å². The number of hydrogen-bond donors (Lipinski definition) is 3. The third-order valence-electron chi connectivity index (χ3n) is 3.38. The summed E-state index contributed by atoms with van der Waals surface area (Å²) < 4.78 is 5.58. The van der Waals surface area contributed by atoms with Gasteiger partial charge in [-0.1, -0.05) is 25.4 Å². The number of ether oxygens (including phenoxy) is 1. The fourth-order valence-corrected chi connectivity index (χ4v) is 2.54. The number of anilines is 1. The number of carbonyl (C=O) groups is 2. The second-order valence-corrected chi connectivity index (χ2v) is 6.95. The number of carbonyl (C=O) groups excluding carboxylic acids is 1. The Labute approximate surface area is 167 Å². The molecule has 0 aliphatic rings. The SMILES string of the molecule is CC(C)COc1ccc(C(=O)NC(=S)Nc2ccc(C(=O)O)c(Cl)c2)cc1. The summed E-state index contributed by atoms with van der Waals surface area (Å²) in [5, 5.41) is 14.4. The highest BCUT2D eigenvalue weighted by Crippen LogP contribution is 2.21. The maximum Gasteiger partial charge on any atom is 0.337 e. The van der Waals surface area contributed by atoms with Gasteiger partial charge in [0.2, 0.25) is 0 Å². The number of aromatic carboxylic acids is 1. The van der Waals surface area contributed by atoms with Gasteiger partial charge < -0.3 is 15.2 Å². The molecule has 3 N–H and O–H groups in total. The van der Waals surface area contributed by atoms with E-state index < -0.39 is 5.97 Å². The number of hydrogen-bond acceptors (Lipinski definition) is 4. The molecule has 2 aromatic carbocycles. The first-order valence-electron chi connectivity index (χ1n) is 8.14. The van der Waals surface area contributed by atoms with Crippen molar-refractivity contribution in [2.45, 2.75) is 13.8 Å². The molecule has 0 unspecified atom stereocenters. The van der Waals surface area contributed by atoms with E-state index in [9.17, 15) is 9.59 Å². The highest BCUT2D eigenvalue weighted by molar-refractivity contribution is 7.80. The normalized spacial score (nSPS) is 10.4. The van der Waals surface area contributed by atoms with E-state index in [1.54, 1.807) is 24.3 Å². The topological polar surface area (TPSA) is 87.7 Å². The predicted molar refractivity (Wildman–Crippen MR) is 109 cm³/mol. The Bertz CT molecular complexity index is 853. The average Bonchev–Trinajstić information content (AvgIpc) is 2.60. The Morgan fingerprint density at radius 1 is 1.19 bits per heavy atom. The second-order valence-electron chi connectivity index (χ2n) is 6.14. The molecule has 0 atom stereocenters. The molecule has 0 bridgehead atoms. The quantitative estimate of drug-likeness (QED) is 0.623. The molecule has 0 saturated carbocycles. The van der Waals surface area contributed by atoms with Crippen molar-refractivity contribution in [3.8, 4) is 5.75 Å². The van der Waals surface area contributed by atoms with E-state index in [4.69, 9.17) is 33.7 Å². The lowest BCUT2D eigenvalue weighted by Gasteiger charge is -2.11. The van der Waals surface area contributed by atoms with Crippen LogP contribution in [0.25, 0.3) is 0 Å². The Morgan fingerprint density at radius 3 is 2.41 bits per heavy atom. The lowest BCUT2D eigenvalue weighted by molar-refractivity contribution is 0.0697. The highest BCUT2D eigenvalue weighted by Gasteiger charge is 2.11. The zero-order valence-corrected chi connectivity index (χ0v) is 16.4. The Morgan fingerprint density at radius 2 is 1.85 bits per heavy atom. The number of nitrogens with one attached hydrogen (secondary N) is 2. The molecule has 0 heterocycles. The van der Waals surface area contributed by atoms with E-state index in [0.717, 1.165) is 0 Å². The van der Waals surface area contributed by atoms with Crippen LogP contribution < -0.4 is 15.4 Å².